The molecule has 0 saturated heterocycles. The van der Waals surface area contributed by atoms with Gasteiger partial charge in [0.1, 0.15) is 0 Å². The Labute approximate surface area is 91.5 Å². The molecule has 0 atom stereocenters. The third kappa shape index (κ3) is 1.34. The minimum absolute atomic E-state index is 0.290. The lowest BCUT2D eigenvalue weighted by molar-refractivity contribution is 1.23. The van der Waals surface area contributed by atoms with Gasteiger partial charge in [0.25, 0.3) is 0 Å². The van der Waals surface area contributed by atoms with Crippen LogP contribution in [0, 0.1) is 0 Å². The van der Waals surface area contributed by atoms with Crippen LogP contribution in [0.15, 0.2) is 42.6 Å². The Morgan fingerprint density at radius 3 is 2.73 bits per heavy atom. The van der Waals surface area contributed by atoms with Crippen LogP contribution in [-0.2, 0) is 0 Å². The van der Waals surface area contributed by atoms with Crippen LogP contribution in [0.25, 0.3) is 21.7 Å². The minimum atomic E-state index is 0.290. The van der Waals surface area contributed by atoms with E-state index in [9.17, 15) is 0 Å². The van der Waals surface area contributed by atoms with Gasteiger partial charge in [-0.2, -0.15) is 0 Å². The van der Waals surface area contributed by atoms with Crippen molar-refractivity contribution in [1.82, 2.24) is 9.97 Å². The number of hydrogen-bond acceptors (Lipinski definition) is 2. The molecule has 0 amide bonds. The van der Waals surface area contributed by atoms with Gasteiger partial charge >= 0.3 is 0 Å². The van der Waals surface area contributed by atoms with Gasteiger partial charge in [0.05, 0.1) is 5.52 Å². The van der Waals surface area contributed by atoms with Gasteiger partial charge in [0.2, 0.25) is 5.28 Å². The molecule has 0 N–H and O–H groups in total. The average molecular weight is 215 g/mol. The van der Waals surface area contributed by atoms with E-state index in [1.165, 1.54) is 5.39 Å². The van der Waals surface area contributed by atoms with Crippen molar-refractivity contribution in [3.63, 3.8) is 0 Å². The number of fused-ring (bicyclic) bond motifs is 3. The van der Waals surface area contributed by atoms with Crippen molar-refractivity contribution in [3.8, 4) is 0 Å². The molecule has 2 nitrogen and oxygen atoms in total. The standard InChI is InChI=1S/C12H7ClN2/c13-12-14-7-10-9-4-2-1-3-8(9)5-6-11(10)15-12/h1-7H. The monoisotopic (exact) mass is 214 g/mol. The fourth-order valence-corrected chi connectivity index (χ4v) is 1.90. The summed E-state index contributed by atoms with van der Waals surface area (Å²) < 4.78 is 0. The SMILES string of the molecule is Clc1ncc2c(ccc3ccccc32)n1. The quantitative estimate of drug-likeness (QED) is 0.423. The number of hydrogen-bond donors (Lipinski definition) is 0. The van der Waals surface area contributed by atoms with Gasteiger partial charge in [-0.25, -0.2) is 9.97 Å². The molecule has 1 aromatic heterocycles. The van der Waals surface area contributed by atoms with E-state index in [0.29, 0.717) is 0 Å². The summed E-state index contributed by atoms with van der Waals surface area (Å²) in [6.07, 6.45) is 1.77. The number of nitrogens with zero attached hydrogens (tertiary/aromatic N) is 2. The summed E-state index contributed by atoms with van der Waals surface area (Å²) in [5.74, 6) is 0. The molecule has 0 unspecified atom stereocenters. The van der Waals surface area contributed by atoms with E-state index in [2.05, 4.69) is 22.1 Å². The summed E-state index contributed by atoms with van der Waals surface area (Å²) >= 11 is 5.75. The third-order valence-corrected chi connectivity index (χ3v) is 2.64. The first-order chi connectivity index (χ1) is 7.34. The second-order valence-electron chi connectivity index (χ2n) is 3.36. The fraction of sp³-hybridized carbons (Fsp3) is 0. The Kier molecular flexibility index (Phi) is 1.82. The van der Waals surface area contributed by atoms with Gasteiger partial charge in [-0.05, 0) is 28.4 Å². The maximum Gasteiger partial charge on any atom is 0.222 e. The van der Waals surface area contributed by atoms with Gasteiger partial charge in [-0.1, -0.05) is 30.3 Å². The summed E-state index contributed by atoms with van der Waals surface area (Å²) in [6.45, 7) is 0. The largest absolute Gasteiger partial charge is 0.226 e. The Morgan fingerprint density at radius 1 is 0.933 bits per heavy atom. The molecule has 3 rings (SSSR count). The smallest absolute Gasteiger partial charge is 0.222 e. The number of rotatable bonds is 0. The molecule has 2 aromatic carbocycles. The molecular weight excluding hydrogens is 208 g/mol. The van der Waals surface area contributed by atoms with E-state index in [-0.39, 0.29) is 5.28 Å². The molecule has 0 aliphatic rings. The highest BCUT2D eigenvalue weighted by molar-refractivity contribution is 6.28. The van der Waals surface area contributed by atoms with Crippen LogP contribution in [0.1, 0.15) is 0 Å². The molecule has 3 aromatic rings. The van der Waals surface area contributed by atoms with Gasteiger partial charge in [0, 0.05) is 11.6 Å². The zero-order valence-electron chi connectivity index (χ0n) is 7.81. The number of aromatic nitrogens is 2. The van der Waals surface area contributed by atoms with Crippen molar-refractivity contribution in [3.05, 3.63) is 47.9 Å². The Balaban J connectivity index is 2.55. The highest BCUT2D eigenvalue weighted by Gasteiger charge is 2.01. The van der Waals surface area contributed by atoms with Crippen molar-refractivity contribution in [2.24, 2.45) is 0 Å². The molecule has 0 bridgehead atoms. The molecule has 3 heteroatoms. The Morgan fingerprint density at radius 2 is 1.80 bits per heavy atom. The number of halogens is 1. The van der Waals surface area contributed by atoms with Gasteiger partial charge in [-0.15, -0.1) is 0 Å². The van der Waals surface area contributed by atoms with Crippen LogP contribution in [-0.4, -0.2) is 9.97 Å². The Bertz CT molecular complexity index is 649. The lowest BCUT2D eigenvalue weighted by Gasteiger charge is -2.02. The molecule has 1 heterocycles. The van der Waals surface area contributed by atoms with Crippen molar-refractivity contribution in [2.45, 2.75) is 0 Å². The van der Waals surface area contributed by atoms with Crippen LogP contribution >= 0.6 is 11.6 Å². The molecule has 0 aliphatic heterocycles. The first-order valence-corrected chi connectivity index (χ1v) is 5.02. The van der Waals surface area contributed by atoms with E-state index in [1.54, 1.807) is 6.20 Å². The lowest BCUT2D eigenvalue weighted by Crippen LogP contribution is -1.84. The number of benzene rings is 2. The van der Waals surface area contributed by atoms with Crippen LogP contribution in [0.3, 0.4) is 0 Å². The van der Waals surface area contributed by atoms with Crippen LogP contribution in [0.4, 0.5) is 0 Å². The summed E-state index contributed by atoms with van der Waals surface area (Å²) in [7, 11) is 0. The van der Waals surface area contributed by atoms with Gasteiger partial charge < -0.3 is 0 Å². The minimum Gasteiger partial charge on any atom is -0.226 e. The van der Waals surface area contributed by atoms with Crippen molar-refractivity contribution in [1.29, 1.82) is 0 Å². The van der Waals surface area contributed by atoms with Crippen LogP contribution in [0.2, 0.25) is 5.28 Å². The third-order valence-electron chi connectivity index (χ3n) is 2.46. The van der Waals surface area contributed by atoms with Crippen molar-refractivity contribution < 1.29 is 0 Å². The molecule has 0 radical (unpaired) electrons. The maximum absolute atomic E-state index is 5.75. The Hall–Kier alpha value is -1.67. The lowest BCUT2D eigenvalue weighted by atomic mass is 10.1. The van der Waals surface area contributed by atoms with E-state index in [4.69, 9.17) is 11.6 Å². The van der Waals surface area contributed by atoms with E-state index in [0.717, 1.165) is 16.3 Å². The molecule has 15 heavy (non-hydrogen) atoms. The van der Waals surface area contributed by atoms with Crippen LogP contribution < -0.4 is 0 Å². The summed E-state index contributed by atoms with van der Waals surface area (Å²) in [5, 5.41) is 3.68. The summed E-state index contributed by atoms with van der Waals surface area (Å²) in [5.41, 5.74) is 0.883. The van der Waals surface area contributed by atoms with E-state index >= 15 is 0 Å². The predicted octanol–water partition coefficient (Wildman–Crippen LogP) is 3.44. The summed E-state index contributed by atoms with van der Waals surface area (Å²) in [6, 6.07) is 12.2. The van der Waals surface area contributed by atoms with Gasteiger partial charge in [0.15, 0.2) is 0 Å². The molecule has 0 saturated carbocycles. The van der Waals surface area contributed by atoms with E-state index in [1.807, 2.05) is 24.3 Å². The fourth-order valence-electron chi connectivity index (χ4n) is 1.76. The first-order valence-electron chi connectivity index (χ1n) is 4.64. The van der Waals surface area contributed by atoms with E-state index < -0.39 is 0 Å². The summed E-state index contributed by atoms with van der Waals surface area (Å²) in [4.78, 5) is 8.19. The highest BCUT2D eigenvalue weighted by Crippen LogP contribution is 2.23. The second kappa shape index (κ2) is 3.17. The maximum atomic E-state index is 5.75. The molecule has 0 aliphatic carbocycles. The zero-order valence-corrected chi connectivity index (χ0v) is 8.57. The predicted molar refractivity (Wildman–Crippen MR) is 62.1 cm³/mol. The van der Waals surface area contributed by atoms with Crippen molar-refractivity contribution in [2.75, 3.05) is 0 Å². The van der Waals surface area contributed by atoms with Gasteiger partial charge in [-0.3, -0.25) is 0 Å². The second-order valence-corrected chi connectivity index (χ2v) is 3.70. The average Bonchev–Trinajstić information content (AvgIpc) is 2.28. The normalized spacial score (nSPS) is 11.0. The van der Waals surface area contributed by atoms with Crippen molar-refractivity contribution >= 4 is 33.3 Å². The molecule has 0 spiro atoms. The zero-order chi connectivity index (χ0) is 10.3. The highest BCUT2D eigenvalue weighted by atomic mass is 35.5. The molecular formula is C12H7ClN2. The topological polar surface area (TPSA) is 25.8 Å². The molecule has 0 fully saturated rings. The van der Waals surface area contributed by atoms with Crippen LogP contribution in [0.5, 0.6) is 0 Å². The first kappa shape index (κ1) is 8.62. The molecule has 72 valence electrons.